The number of thiophene rings is 1. The number of para-hydroxylation sites is 2. The van der Waals surface area contributed by atoms with E-state index in [4.69, 9.17) is 0 Å². The van der Waals surface area contributed by atoms with Gasteiger partial charge in [0.25, 0.3) is 5.82 Å². The molecule has 0 spiro atoms. The molecule has 0 aliphatic carbocycles. The van der Waals surface area contributed by atoms with E-state index in [1.54, 1.807) is 0 Å². The number of imidazole rings is 1. The number of hydrogen-bond donors (Lipinski definition) is 0. The summed E-state index contributed by atoms with van der Waals surface area (Å²) in [5, 5.41) is 2.58. The zero-order chi connectivity index (χ0) is 28.2. The number of benzene rings is 5. The molecule has 0 atom stereocenters. The number of rotatable bonds is 4. The Morgan fingerprint density at radius 1 is 0.690 bits per heavy atom. The van der Waals surface area contributed by atoms with Gasteiger partial charge in [0.2, 0.25) is 0 Å². The van der Waals surface area contributed by atoms with Gasteiger partial charge >= 0.3 is 0 Å². The molecule has 3 aromatic heterocycles. The molecule has 0 aliphatic rings. The molecule has 0 fully saturated rings. The van der Waals surface area contributed by atoms with E-state index in [0.717, 1.165) is 16.9 Å². The maximum absolute atomic E-state index is 4.58. The molecule has 0 saturated heterocycles. The molecule has 0 amide bonds. The lowest BCUT2D eigenvalue weighted by atomic mass is 9.92. The van der Waals surface area contributed by atoms with Crippen LogP contribution in [0.5, 0.6) is 0 Å². The minimum atomic E-state index is 1.11. The molecule has 0 saturated carbocycles. The Morgan fingerprint density at radius 3 is 2.17 bits per heavy atom. The van der Waals surface area contributed by atoms with Crippen LogP contribution in [0.25, 0.3) is 70.5 Å². The topological polar surface area (TPSA) is 21.7 Å². The predicted octanol–water partition coefficient (Wildman–Crippen LogP) is 9.53. The molecule has 0 radical (unpaired) electrons. The van der Waals surface area contributed by atoms with Gasteiger partial charge in [-0.1, -0.05) is 91.0 Å². The zero-order valence-electron chi connectivity index (χ0n) is 23.5. The van der Waals surface area contributed by atoms with E-state index in [0.29, 0.717) is 0 Å². The van der Waals surface area contributed by atoms with Crippen LogP contribution in [0, 0.1) is 6.92 Å². The number of hydrogen-bond acceptors (Lipinski definition) is 2. The summed E-state index contributed by atoms with van der Waals surface area (Å²) in [6.07, 6.45) is 3.88. The number of aromatic nitrogens is 3. The first-order valence-corrected chi connectivity index (χ1v) is 15.0. The molecule has 0 unspecified atom stereocenters. The van der Waals surface area contributed by atoms with Gasteiger partial charge in [-0.15, -0.1) is 11.3 Å². The molecule has 42 heavy (non-hydrogen) atoms. The molecule has 8 rings (SSSR count). The van der Waals surface area contributed by atoms with Crippen LogP contribution in [0.1, 0.15) is 5.56 Å². The summed E-state index contributed by atoms with van der Waals surface area (Å²) in [4.78, 5) is 4.58. The Hall–Kier alpha value is -5.06. The molecule has 0 bridgehead atoms. The molecule has 0 aliphatic heterocycles. The quantitative estimate of drug-likeness (QED) is 0.197. The highest BCUT2D eigenvalue weighted by Crippen LogP contribution is 2.48. The Balaban J connectivity index is 1.65. The van der Waals surface area contributed by atoms with Crippen molar-refractivity contribution in [2.75, 3.05) is 0 Å². The van der Waals surface area contributed by atoms with E-state index >= 15 is 0 Å². The summed E-state index contributed by atoms with van der Waals surface area (Å²) in [5.41, 5.74) is 10.7. The van der Waals surface area contributed by atoms with Crippen LogP contribution in [-0.2, 0) is 7.05 Å². The first-order chi connectivity index (χ1) is 20.7. The van der Waals surface area contributed by atoms with Gasteiger partial charge in [-0.05, 0) is 53.9 Å². The zero-order valence-corrected chi connectivity index (χ0v) is 24.3. The highest BCUT2D eigenvalue weighted by Gasteiger charge is 2.32. The summed E-state index contributed by atoms with van der Waals surface area (Å²) in [5.74, 6) is 1.11. The fourth-order valence-corrected chi connectivity index (χ4v) is 7.58. The Labute approximate surface area is 248 Å². The van der Waals surface area contributed by atoms with Crippen molar-refractivity contribution in [3.05, 3.63) is 139 Å². The highest BCUT2D eigenvalue weighted by atomic mass is 32.1. The Bertz CT molecular complexity index is 2260. The second kappa shape index (κ2) is 9.79. The van der Waals surface area contributed by atoms with Crippen molar-refractivity contribution in [2.45, 2.75) is 6.92 Å². The van der Waals surface area contributed by atoms with E-state index < -0.39 is 0 Å². The third kappa shape index (κ3) is 3.73. The van der Waals surface area contributed by atoms with Gasteiger partial charge in [-0.3, -0.25) is 4.98 Å². The van der Waals surface area contributed by atoms with E-state index in [2.05, 4.69) is 149 Å². The maximum atomic E-state index is 4.58. The fraction of sp³-hybridized carbons (Fsp3) is 0.0526. The van der Waals surface area contributed by atoms with Gasteiger partial charge in [0.15, 0.2) is 16.7 Å². The van der Waals surface area contributed by atoms with Crippen LogP contribution in [0.3, 0.4) is 0 Å². The monoisotopic (exact) mass is 558 g/mol. The number of fused-ring (bicyclic) bond motifs is 4. The molecule has 3 heterocycles. The van der Waals surface area contributed by atoms with Crippen LogP contribution >= 0.6 is 11.3 Å². The molecule has 4 heteroatoms. The van der Waals surface area contributed by atoms with Gasteiger partial charge in [-0.2, -0.15) is 4.57 Å². The average molecular weight is 559 g/mol. The van der Waals surface area contributed by atoms with Gasteiger partial charge in [0.05, 0.1) is 12.6 Å². The Morgan fingerprint density at radius 2 is 1.38 bits per heavy atom. The van der Waals surface area contributed by atoms with Crippen molar-refractivity contribution in [3.8, 4) is 39.3 Å². The second-order valence-corrected chi connectivity index (χ2v) is 11.8. The lowest BCUT2D eigenvalue weighted by Crippen LogP contribution is -2.30. The van der Waals surface area contributed by atoms with Crippen molar-refractivity contribution in [3.63, 3.8) is 0 Å². The van der Waals surface area contributed by atoms with Crippen molar-refractivity contribution in [1.82, 2.24) is 9.55 Å². The van der Waals surface area contributed by atoms with Gasteiger partial charge < -0.3 is 0 Å². The smallest absolute Gasteiger partial charge is 0.264 e. The van der Waals surface area contributed by atoms with Gasteiger partial charge in [0, 0.05) is 43.7 Å². The number of nitrogens with zero attached hydrogens (tertiary/aromatic N) is 3. The van der Waals surface area contributed by atoms with Crippen LogP contribution in [0.2, 0.25) is 0 Å². The van der Waals surface area contributed by atoms with Gasteiger partial charge in [0.1, 0.15) is 0 Å². The average Bonchev–Trinajstić information content (AvgIpc) is 3.56. The SMILES string of the molecule is Cc1ccncc1-c1n(-c2c(-c3ccccc3)cc3c(sc4ccccc43)c2-c2ccccc2)c2ccccc2[n+]1C. The molecule has 5 aromatic carbocycles. The molecular formula is C38H28N3S+. The van der Waals surface area contributed by atoms with E-state index in [9.17, 15) is 0 Å². The van der Waals surface area contributed by atoms with Crippen molar-refractivity contribution >= 4 is 42.5 Å². The maximum Gasteiger partial charge on any atom is 0.296 e. The van der Waals surface area contributed by atoms with E-state index in [1.807, 2.05) is 23.7 Å². The van der Waals surface area contributed by atoms with Gasteiger partial charge in [-0.25, -0.2) is 4.57 Å². The van der Waals surface area contributed by atoms with Crippen LogP contribution in [0.4, 0.5) is 0 Å². The molecule has 3 nitrogen and oxygen atoms in total. The first-order valence-electron chi connectivity index (χ1n) is 14.2. The van der Waals surface area contributed by atoms with E-state index in [1.165, 1.54) is 59.2 Å². The van der Waals surface area contributed by atoms with Crippen molar-refractivity contribution in [2.24, 2.45) is 7.05 Å². The summed E-state index contributed by atoms with van der Waals surface area (Å²) < 4.78 is 7.39. The third-order valence-corrected chi connectivity index (χ3v) is 9.51. The minimum Gasteiger partial charge on any atom is -0.264 e. The van der Waals surface area contributed by atoms with Crippen molar-refractivity contribution < 1.29 is 4.57 Å². The van der Waals surface area contributed by atoms with Crippen LogP contribution < -0.4 is 4.57 Å². The molecule has 200 valence electrons. The fourth-order valence-electron chi connectivity index (χ4n) is 6.33. The third-order valence-electron chi connectivity index (χ3n) is 8.31. The lowest BCUT2D eigenvalue weighted by Gasteiger charge is -2.17. The second-order valence-electron chi connectivity index (χ2n) is 10.8. The predicted molar refractivity (Wildman–Crippen MR) is 176 cm³/mol. The first kappa shape index (κ1) is 24.7. The molecule has 0 N–H and O–H groups in total. The van der Waals surface area contributed by atoms with Crippen LogP contribution in [-0.4, -0.2) is 9.55 Å². The number of pyridine rings is 1. The minimum absolute atomic E-state index is 1.11. The molecule has 8 aromatic rings. The summed E-state index contributed by atoms with van der Waals surface area (Å²) >= 11 is 1.88. The largest absolute Gasteiger partial charge is 0.296 e. The summed E-state index contributed by atoms with van der Waals surface area (Å²) in [7, 11) is 2.17. The standard InChI is InChI=1S/C38H28N3S/c1-25-21-22-39-24-31(25)38-40(2)32-18-10-11-19-33(32)41(38)36-29(26-13-5-3-6-14-26)23-30-28-17-9-12-20-34(28)42-37(30)35(36)27-15-7-4-8-16-27/h3-24H,1-2H3/q+1. The van der Waals surface area contributed by atoms with Crippen molar-refractivity contribution in [1.29, 1.82) is 0 Å². The normalized spacial score (nSPS) is 11.6. The van der Waals surface area contributed by atoms with E-state index in [-0.39, 0.29) is 0 Å². The highest BCUT2D eigenvalue weighted by molar-refractivity contribution is 7.26. The summed E-state index contributed by atoms with van der Waals surface area (Å²) in [6.45, 7) is 2.17. The summed E-state index contributed by atoms with van der Waals surface area (Å²) in [6, 6.07) is 43.7. The lowest BCUT2D eigenvalue weighted by molar-refractivity contribution is -0.633. The Kier molecular flexibility index (Phi) is 5.76. The molecular weight excluding hydrogens is 531 g/mol. The number of aryl methyl sites for hydroxylation is 2. The van der Waals surface area contributed by atoms with Crippen LogP contribution in [0.15, 0.2) is 134 Å².